The molecule has 0 amide bonds. The molecule has 2 rings (SSSR count). The highest BCUT2D eigenvalue weighted by atomic mass is 16.5. The van der Waals surface area contributed by atoms with E-state index >= 15 is 0 Å². The Labute approximate surface area is 118 Å². The van der Waals surface area contributed by atoms with Crippen LogP contribution in [0.2, 0.25) is 0 Å². The topological polar surface area (TPSA) is 27.7 Å². The average molecular weight is 269 g/mol. The van der Waals surface area contributed by atoms with Crippen molar-refractivity contribution in [1.29, 1.82) is 0 Å². The molecule has 0 aromatic rings. The molecule has 0 aromatic carbocycles. The Morgan fingerprint density at radius 1 is 1.26 bits per heavy atom. The van der Waals surface area contributed by atoms with E-state index in [4.69, 9.17) is 4.74 Å². The lowest BCUT2D eigenvalue weighted by atomic mass is 9.87. The van der Waals surface area contributed by atoms with E-state index in [1.807, 2.05) is 0 Å². The first kappa shape index (κ1) is 15.2. The quantitative estimate of drug-likeness (QED) is 0.825. The number of likely N-dealkylation sites (tertiary alicyclic amines) is 1. The number of nitrogens with zero attached hydrogens (tertiary/aromatic N) is 2. The van der Waals surface area contributed by atoms with Crippen LogP contribution in [0.15, 0.2) is 0 Å². The van der Waals surface area contributed by atoms with Crippen molar-refractivity contribution in [2.75, 3.05) is 46.4 Å². The second-order valence-corrected chi connectivity index (χ2v) is 6.16. The van der Waals surface area contributed by atoms with E-state index in [0.29, 0.717) is 24.1 Å². The minimum atomic E-state index is 0.398. The number of likely N-dealkylation sites (N-methyl/N-ethyl adjacent to an activating group) is 1. The van der Waals surface area contributed by atoms with Crippen LogP contribution in [0, 0.1) is 5.92 Å². The number of rotatable bonds is 4. The molecule has 0 radical (unpaired) electrons. The van der Waals surface area contributed by atoms with Crippen molar-refractivity contribution >= 4 is 0 Å². The van der Waals surface area contributed by atoms with Gasteiger partial charge < -0.3 is 10.1 Å². The van der Waals surface area contributed by atoms with Gasteiger partial charge in [0.2, 0.25) is 0 Å². The zero-order chi connectivity index (χ0) is 13.8. The summed E-state index contributed by atoms with van der Waals surface area (Å²) in [6, 6.07) is 1.32. The van der Waals surface area contributed by atoms with Crippen molar-refractivity contribution in [2.24, 2.45) is 5.92 Å². The van der Waals surface area contributed by atoms with Gasteiger partial charge in [0.05, 0.1) is 12.7 Å². The SMILES string of the molecule is CCN1CCOC(CN2CCC(NC)C(C)C2C)C1. The summed E-state index contributed by atoms with van der Waals surface area (Å²) in [7, 11) is 2.09. The van der Waals surface area contributed by atoms with Gasteiger partial charge in [0.25, 0.3) is 0 Å². The largest absolute Gasteiger partial charge is 0.374 e. The van der Waals surface area contributed by atoms with Crippen molar-refractivity contribution in [1.82, 2.24) is 15.1 Å². The Morgan fingerprint density at radius 2 is 2.05 bits per heavy atom. The van der Waals surface area contributed by atoms with Crippen LogP contribution in [-0.4, -0.2) is 74.4 Å². The lowest BCUT2D eigenvalue weighted by Crippen LogP contribution is -2.56. The lowest BCUT2D eigenvalue weighted by Gasteiger charge is -2.45. The lowest BCUT2D eigenvalue weighted by molar-refractivity contribution is -0.0558. The van der Waals surface area contributed by atoms with Gasteiger partial charge in [-0.2, -0.15) is 0 Å². The molecule has 2 fully saturated rings. The van der Waals surface area contributed by atoms with E-state index in [9.17, 15) is 0 Å². The summed E-state index contributed by atoms with van der Waals surface area (Å²) in [5, 5.41) is 3.46. The van der Waals surface area contributed by atoms with Crippen LogP contribution in [0.1, 0.15) is 27.2 Å². The first-order valence-electron chi connectivity index (χ1n) is 7.91. The molecular formula is C15H31N3O. The van der Waals surface area contributed by atoms with Crippen molar-refractivity contribution in [2.45, 2.75) is 45.4 Å². The fourth-order valence-electron chi connectivity index (χ4n) is 3.54. The molecule has 2 aliphatic rings. The first-order chi connectivity index (χ1) is 9.15. The second-order valence-electron chi connectivity index (χ2n) is 6.16. The number of nitrogens with one attached hydrogen (secondary N) is 1. The molecule has 4 atom stereocenters. The first-order valence-corrected chi connectivity index (χ1v) is 7.91. The molecule has 1 N–H and O–H groups in total. The summed E-state index contributed by atoms with van der Waals surface area (Å²) in [6.45, 7) is 13.5. The third-order valence-electron chi connectivity index (χ3n) is 5.18. The van der Waals surface area contributed by atoms with Crippen molar-refractivity contribution in [3.63, 3.8) is 0 Å². The summed E-state index contributed by atoms with van der Waals surface area (Å²) in [5.41, 5.74) is 0. The maximum absolute atomic E-state index is 5.95. The maximum Gasteiger partial charge on any atom is 0.0829 e. The zero-order valence-electron chi connectivity index (χ0n) is 13.1. The summed E-state index contributed by atoms with van der Waals surface area (Å²) in [6.07, 6.45) is 1.65. The normalized spacial score (nSPS) is 38.5. The molecular weight excluding hydrogens is 238 g/mol. The van der Waals surface area contributed by atoms with Gasteiger partial charge in [-0.15, -0.1) is 0 Å². The van der Waals surface area contributed by atoms with Crippen LogP contribution in [-0.2, 0) is 4.74 Å². The fourth-order valence-corrected chi connectivity index (χ4v) is 3.54. The molecule has 2 heterocycles. The van der Waals surface area contributed by atoms with Gasteiger partial charge in [-0.25, -0.2) is 0 Å². The highest BCUT2D eigenvalue weighted by molar-refractivity contribution is 4.89. The summed E-state index contributed by atoms with van der Waals surface area (Å²) < 4.78 is 5.95. The number of morpholine rings is 1. The highest BCUT2D eigenvalue weighted by Gasteiger charge is 2.33. The summed E-state index contributed by atoms with van der Waals surface area (Å²) in [5.74, 6) is 0.713. The van der Waals surface area contributed by atoms with Crippen LogP contribution >= 0.6 is 0 Å². The van der Waals surface area contributed by atoms with Gasteiger partial charge in [0.15, 0.2) is 0 Å². The van der Waals surface area contributed by atoms with E-state index in [1.165, 1.54) is 13.0 Å². The Kier molecular flexibility index (Phi) is 5.63. The molecule has 0 bridgehead atoms. The fraction of sp³-hybridized carbons (Fsp3) is 1.00. The molecule has 2 aliphatic heterocycles. The third-order valence-corrected chi connectivity index (χ3v) is 5.18. The van der Waals surface area contributed by atoms with Gasteiger partial charge in [-0.1, -0.05) is 13.8 Å². The van der Waals surface area contributed by atoms with Crippen LogP contribution in [0.5, 0.6) is 0 Å². The Morgan fingerprint density at radius 3 is 2.74 bits per heavy atom. The van der Waals surface area contributed by atoms with E-state index in [-0.39, 0.29) is 0 Å². The predicted molar refractivity (Wildman–Crippen MR) is 79.5 cm³/mol. The third kappa shape index (κ3) is 3.69. The number of piperidine rings is 1. The molecule has 4 heteroatoms. The molecule has 112 valence electrons. The van der Waals surface area contributed by atoms with E-state index in [0.717, 1.165) is 32.8 Å². The molecule has 19 heavy (non-hydrogen) atoms. The predicted octanol–water partition coefficient (Wildman–Crippen LogP) is 1.03. The Balaban J connectivity index is 1.85. The Hall–Kier alpha value is -0.160. The smallest absolute Gasteiger partial charge is 0.0829 e. The van der Waals surface area contributed by atoms with Gasteiger partial charge in [0.1, 0.15) is 0 Å². The number of ether oxygens (including phenoxy) is 1. The second kappa shape index (κ2) is 7.02. The highest BCUT2D eigenvalue weighted by Crippen LogP contribution is 2.24. The molecule has 0 spiro atoms. The summed E-state index contributed by atoms with van der Waals surface area (Å²) >= 11 is 0. The molecule has 4 unspecified atom stereocenters. The number of hydrogen-bond acceptors (Lipinski definition) is 4. The van der Waals surface area contributed by atoms with Gasteiger partial charge in [0, 0.05) is 38.3 Å². The van der Waals surface area contributed by atoms with Crippen LogP contribution < -0.4 is 5.32 Å². The molecule has 2 saturated heterocycles. The zero-order valence-corrected chi connectivity index (χ0v) is 13.1. The van der Waals surface area contributed by atoms with E-state index in [1.54, 1.807) is 0 Å². The van der Waals surface area contributed by atoms with Gasteiger partial charge in [-0.3, -0.25) is 9.80 Å². The molecule has 0 aliphatic carbocycles. The van der Waals surface area contributed by atoms with Crippen LogP contribution in [0.4, 0.5) is 0 Å². The monoisotopic (exact) mass is 269 g/mol. The maximum atomic E-state index is 5.95. The minimum Gasteiger partial charge on any atom is -0.374 e. The van der Waals surface area contributed by atoms with Crippen molar-refractivity contribution < 1.29 is 4.74 Å². The minimum absolute atomic E-state index is 0.398. The summed E-state index contributed by atoms with van der Waals surface area (Å²) in [4.78, 5) is 5.13. The van der Waals surface area contributed by atoms with E-state index in [2.05, 4.69) is 42.9 Å². The van der Waals surface area contributed by atoms with Gasteiger partial charge in [-0.05, 0) is 32.9 Å². The molecule has 0 aromatic heterocycles. The van der Waals surface area contributed by atoms with Crippen LogP contribution in [0.3, 0.4) is 0 Å². The van der Waals surface area contributed by atoms with Gasteiger partial charge >= 0.3 is 0 Å². The standard InChI is InChI=1S/C15H31N3O/c1-5-17-8-9-19-14(10-17)11-18-7-6-15(16-4)12(2)13(18)3/h12-16H,5-11H2,1-4H3. The van der Waals surface area contributed by atoms with Crippen molar-refractivity contribution in [3.8, 4) is 0 Å². The molecule has 0 saturated carbocycles. The van der Waals surface area contributed by atoms with Crippen molar-refractivity contribution in [3.05, 3.63) is 0 Å². The van der Waals surface area contributed by atoms with Crippen LogP contribution in [0.25, 0.3) is 0 Å². The molecule has 4 nitrogen and oxygen atoms in total. The number of hydrogen-bond donors (Lipinski definition) is 1. The van der Waals surface area contributed by atoms with E-state index < -0.39 is 0 Å². The Bertz CT molecular complexity index is 274. The average Bonchev–Trinajstić information content (AvgIpc) is 2.44.